The van der Waals surface area contributed by atoms with Crippen molar-refractivity contribution in [2.24, 2.45) is 0 Å². The van der Waals surface area contributed by atoms with E-state index in [1.807, 2.05) is 58.9 Å². The number of nitrogens with one attached hydrogen (secondary N) is 1. The Bertz CT molecular complexity index is 1430. The maximum Gasteiger partial charge on any atom is 0.264 e. The van der Waals surface area contributed by atoms with Gasteiger partial charge >= 0.3 is 0 Å². The number of halogens is 1. The van der Waals surface area contributed by atoms with E-state index in [2.05, 4.69) is 5.32 Å². The molecule has 10 heteroatoms. The predicted molar refractivity (Wildman–Crippen MR) is 162 cm³/mol. The van der Waals surface area contributed by atoms with Crippen LogP contribution >= 0.6 is 0 Å². The highest BCUT2D eigenvalue weighted by atomic mass is 32.2. The third kappa shape index (κ3) is 8.31. The number of ether oxygens (including phenoxy) is 1. The van der Waals surface area contributed by atoms with Gasteiger partial charge in [0.1, 0.15) is 24.2 Å². The van der Waals surface area contributed by atoms with Gasteiger partial charge in [-0.1, -0.05) is 43.7 Å². The summed E-state index contributed by atoms with van der Waals surface area (Å²) in [5, 5.41) is 2.96. The molecule has 8 nitrogen and oxygen atoms in total. The Hall–Kier alpha value is -3.92. The van der Waals surface area contributed by atoms with Crippen molar-refractivity contribution in [2.75, 3.05) is 17.5 Å². The quantitative estimate of drug-likeness (QED) is 0.267. The van der Waals surface area contributed by atoms with Crippen molar-refractivity contribution < 1.29 is 27.1 Å². The van der Waals surface area contributed by atoms with Crippen LogP contribution in [0.1, 0.15) is 51.7 Å². The van der Waals surface area contributed by atoms with Crippen LogP contribution in [0.5, 0.6) is 5.75 Å². The molecule has 3 rings (SSSR count). The van der Waals surface area contributed by atoms with Gasteiger partial charge in [0.05, 0.1) is 17.2 Å². The molecule has 0 aliphatic carbocycles. The van der Waals surface area contributed by atoms with E-state index in [4.69, 9.17) is 4.74 Å². The van der Waals surface area contributed by atoms with E-state index < -0.39 is 34.3 Å². The van der Waals surface area contributed by atoms with Crippen LogP contribution in [-0.4, -0.2) is 50.4 Å². The zero-order valence-electron chi connectivity index (χ0n) is 24.8. The van der Waals surface area contributed by atoms with Gasteiger partial charge < -0.3 is 15.0 Å². The number of anilines is 1. The molecule has 0 saturated carbocycles. The minimum Gasteiger partial charge on any atom is -0.494 e. The molecule has 3 aromatic carbocycles. The highest BCUT2D eigenvalue weighted by Crippen LogP contribution is 2.26. The topological polar surface area (TPSA) is 96.0 Å². The first-order valence-electron chi connectivity index (χ1n) is 14.2. The van der Waals surface area contributed by atoms with Crippen molar-refractivity contribution in [1.29, 1.82) is 0 Å². The van der Waals surface area contributed by atoms with E-state index in [1.165, 1.54) is 41.3 Å². The number of carbonyl (C=O) groups excluding carboxylic acids is 2. The van der Waals surface area contributed by atoms with Crippen molar-refractivity contribution in [3.8, 4) is 5.75 Å². The van der Waals surface area contributed by atoms with Crippen LogP contribution in [0.4, 0.5) is 10.1 Å². The van der Waals surface area contributed by atoms with Gasteiger partial charge in [-0.05, 0) is 87.7 Å². The number of carbonyl (C=O) groups is 2. The largest absolute Gasteiger partial charge is 0.494 e. The molecule has 2 atom stereocenters. The monoisotopic (exact) mass is 597 g/mol. The van der Waals surface area contributed by atoms with Crippen LogP contribution in [0.25, 0.3) is 0 Å². The Labute approximate surface area is 248 Å². The maximum absolute atomic E-state index is 14.1. The number of hydrogen-bond donors (Lipinski definition) is 1. The lowest BCUT2D eigenvalue weighted by atomic mass is 10.1. The predicted octanol–water partition coefficient (Wildman–Crippen LogP) is 5.45. The zero-order valence-corrected chi connectivity index (χ0v) is 25.7. The molecular formula is C32H40FN3O5S. The molecule has 0 saturated heterocycles. The van der Waals surface area contributed by atoms with E-state index >= 15 is 0 Å². The number of benzene rings is 3. The molecule has 3 aromatic rings. The van der Waals surface area contributed by atoms with Gasteiger partial charge in [0, 0.05) is 12.6 Å². The van der Waals surface area contributed by atoms with Crippen LogP contribution in [-0.2, 0) is 26.2 Å². The van der Waals surface area contributed by atoms with E-state index in [9.17, 15) is 22.4 Å². The number of nitrogens with zero attached hydrogens (tertiary/aromatic N) is 2. The highest BCUT2D eigenvalue weighted by molar-refractivity contribution is 7.92. The molecule has 0 aliphatic rings. The van der Waals surface area contributed by atoms with Crippen LogP contribution < -0.4 is 14.4 Å². The molecule has 0 aromatic heterocycles. The Morgan fingerprint density at radius 2 is 1.52 bits per heavy atom. The Morgan fingerprint density at radius 3 is 2.07 bits per heavy atom. The first-order valence-corrected chi connectivity index (χ1v) is 15.6. The van der Waals surface area contributed by atoms with Crippen molar-refractivity contribution in [1.82, 2.24) is 10.2 Å². The molecule has 0 aliphatic heterocycles. The Balaban J connectivity index is 2.04. The molecule has 0 radical (unpaired) electrons. The molecule has 42 heavy (non-hydrogen) atoms. The van der Waals surface area contributed by atoms with E-state index in [0.717, 1.165) is 27.6 Å². The van der Waals surface area contributed by atoms with Crippen LogP contribution in [0, 0.1) is 12.7 Å². The molecule has 2 amide bonds. The zero-order chi connectivity index (χ0) is 30.9. The van der Waals surface area contributed by atoms with E-state index in [1.54, 1.807) is 0 Å². The van der Waals surface area contributed by atoms with Gasteiger partial charge in [0.15, 0.2) is 0 Å². The number of rotatable bonds is 14. The molecule has 0 heterocycles. The van der Waals surface area contributed by atoms with Gasteiger partial charge in [-0.25, -0.2) is 12.8 Å². The second-order valence-corrected chi connectivity index (χ2v) is 12.0. The average Bonchev–Trinajstić information content (AvgIpc) is 2.97. The summed E-state index contributed by atoms with van der Waals surface area (Å²) < 4.78 is 48.1. The van der Waals surface area contributed by atoms with Gasteiger partial charge in [0.25, 0.3) is 10.0 Å². The minimum absolute atomic E-state index is 0.0604. The fraction of sp³-hybridized carbons (Fsp3) is 0.375. The van der Waals surface area contributed by atoms with Crippen LogP contribution in [0.15, 0.2) is 77.7 Å². The van der Waals surface area contributed by atoms with Crippen molar-refractivity contribution in [3.63, 3.8) is 0 Å². The Kier molecular flexibility index (Phi) is 11.5. The van der Waals surface area contributed by atoms with Crippen molar-refractivity contribution >= 4 is 27.5 Å². The van der Waals surface area contributed by atoms with Gasteiger partial charge in [-0.15, -0.1) is 0 Å². The maximum atomic E-state index is 14.1. The lowest BCUT2D eigenvalue weighted by molar-refractivity contribution is -0.140. The normalized spacial score (nSPS) is 12.7. The van der Waals surface area contributed by atoms with Gasteiger partial charge in [-0.2, -0.15) is 0 Å². The Morgan fingerprint density at radius 1 is 0.905 bits per heavy atom. The number of hydrogen-bond acceptors (Lipinski definition) is 5. The lowest BCUT2D eigenvalue weighted by Gasteiger charge is -2.33. The molecule has 226 valence electrons. The summed E-state index contributed by atoms with van der Waals surface area (Å²) in [5.74, 6) is -0.920. The fourth-order valence-corrected chi connectivity index (χ4v) is 5.80. The third-order valence-electron chi connectivity index (χ3n) is 6.98. The summed E-state index contributed by atoms with van der Waals surface area (Å²) in [6.45, 7) is 9.35. The lowest BCUT2D eigenvalue weighted by Crippen LogP contribution is -2.53. The number of sulfonamides is 1. The first-order chi connectivity index (χ1) is 20.0. The third-order valence-corrected chi connectivity index (χ3v) is 8.76. The van der Waals surface area contributed by atoms with Crippen LogP contribution in [0.2, 0.25) is 0 Å². The standard InChI is InChI=1S/C32H40FN3O5S/c1-6-24(5)34-32(38)30(7-2)35(21-25-11-9-23(4)10-12-25)31(37)22-36(27-15-13-26(33)14-16-27)42(39,40)29-19-17-28(18-20-29)41-8-3/h9-20,24,30H,6-8,21-22H2,1-5H3,(H,34,38). The molecule has 2 unspecified atom stereocenters. The number of aryl methyl sites for hydroxylation is 1. The summed E-state index contributed by atoms with van der Waals surface area (Å²) in [6.07, 6.45) is 1.04. The van der Waals surface area contributed by atoms with Crippen molar-refractivity contribution in [2.45, 2.75) is 71.0 Å². The molecular weight excluding hydrogens is 557 g/mol. The summed E-state index contributed by atoms with van der Waals surface area (Å²) >= 11 is 0. The summed E-state index contributed by atoms with van der Waals surface area (Å²) in [7, 11) is -4.27. The molecule has 1 N–H and O–H groups in total. The summed E-state index contributed by atoms with van der Waals surface area (Å²) in [6, 6.07) is 17.4. The fourth-order valence-electron chi connectivity index (χ4n) is 4.39. The summed E-state index contributed by atoms with van der Waals surface area (Å²) in [5.41, 5.74) is 1.96. The first kappa shape index (κ1) is 32.6. The average molecular weight is 598 g/mol. The highest BCUT2D eigenvalue weighted by Gasteiger charge is 2.34. The van der Waals surface area contributed by atoms with E-state index in [0.29, 0.717) is 25.2 Å². The van der Waals surface area contributed by atoms with Crippen molar-refractivity contribution in [3.05, 3.63) is 89.7 Å². The minimum atomic E-state index is -4.27. The van der Waals surface area contributed by atoms with Crippen LogP contribution in [0.3, 0.4) is 0 Å². The van der Waals surface area contributed by atoms with Gasteiger partial charge in [-0.3, -0.25) is 13.9 Å². The second kappa shape index (κ2) is 14.8. The van der Waals surface area contributed by atoms with Gasteiger partial charge in [0.2, 0.25) is 11.8 Å². The number of amides is 2. The summed E-state index contributed by atoms with van der Waals surface area (Å²) in [4.78, 5) is 28.8. The molecule has 0 spiro atoms. The second-order valence-electron chi connectivity index (χ2n) is 10.1. The smallest absolute Gasteiger partial charge is 0.264 e. The molecule has 0 fully saturated rings. The molecule has 0 bridgehead atoms. The SMILES string of the molecule is CCOc1ccc(S(=O)(=O)N(CC(=O)N(Cc2ccc(C)cc2)C(CC)C(=O)NC(C)CC)c2ccc(F)cc2)cc1. The van der Waals surface area contributed by atoms with E-state index in [-0.39, 0.29) is 29.1 Å².